The summed E-state index contributed by atoms with van der Waals surface area (Å²) in [6.45, 7) is 5.16. The molecule has 3 rings (SSSR count). The van der Waals surface area contributed by atoms with Crippen molar-refractivity contribution in [3.05, 3.63) is 41.9 Å². The number of rotatable bonds is 5. The van der Waals surface area contributed by atoms with Crippen molar-refractivity contribution in [2.75, 3.05) is 19.7 Å². The minimum Gasteiger partial charge on any atom is -0.460 e. The maximum absolute atomic E-state index is 12.4. The molecule has 0 radical (unpaired) electrons. The van der Waals surface area contributed by atoms with Crippen molar-refractivity contribution in [1.82, 2.24) is 9.88 Å². The first-order valence-corrected chi connectivity index (χ1v) is 8.06. The quantitative estimate of drug-likeness (QED) is 0.789. The Bertz CT molecular complexity index is 739. The Morgan fingerprint density at radius 2 is 2.12 bits per heavy atom. The highest BCUT2D eigenvalue weighted by Gasteiger charge is 2.30. The molecular weight excluding hydrogens is 308 g/mol. The number of aryl methyl sites for hydroxylation is 1. The molecule has 1 saturated heterocycles. The number of carbonyl (C=O) groups is 2. The van der Waals surface area contributed by atoms with Crippen LogP contribution in [0.15, 0.2) is 34.7 Å². The largest absolute Gasteiger partial charge is 0.460 e. The van der Waals surface area contributed by atoms with Gasteiger partial charge in [-0.1, -0.05) is 30.3 Å². The van der Waals surface area contributed by atoms with Gasteiger partial charge in [-0.05, 0) is 6.92 Å². The summed E-state index contributed by atoms with van der Waals surface area (Å²) in [6, 6.07) is 9.33. The summed E-state index contributed by atoms with van der Waals surface area (Å²) in [5.74, 6) is 0.452. The molecule has 0 unspecified atom stereocenters. The number of amides is 1. The van der Waals surface area contributed by atoms with Gasteiger partial charge >= 0.3 is 5.97 Å². The van der Waals surface area contributed by atoms with E-state index in [1.807, 2.05) is 37.3 Å². The zero-order valence-corrected chi connectivity index (χ0v) is 13.8. The van der Waals surface area contributed by atoms with E-state index in [4.69, 9.17) is 9.15 Å². The van der Waals surface area contributed by atoms with Crippen LogP contribution < -0.4 is 0 Å². The number of aromatic nitrogens is 1. The first-order valence-electron chi connectivity index (χ1n) is 8.06. The summed E-state index contributed by atoms with van der Waals surface area (Å²) in [4.78, 5) is 30.1. The fourth-order valence-corrected chi connectivity index (χ4v) is 2.88. The molecule has 0 bridgehead atoms. The molecule has 6 heteroatoms. The SMILES string of the molecule is CCN1C[C@H](COC(=O)c2nc(C)oc2-c2ccccc2)CC1=O. The van der Waals surface area contributed by atoms with Crippen LogP contribution in [0.5, 0.6) is 0 Å². The lowest BCUT2D eigenvalue weighted by molar-refractivity contribution is -0.127. The van der Waals surface area contributed by atoms with E-state index in [-0.39, 0.29) is 24.1 Å². The van der Waals surface area contributed by atoms with Crippen LogP contribution in [-0.2, 0) is 9.53 Å². The van der Waals surface area contributed by atoms with Crippen molar-refractivity contribution in [2.24, 2.45) is 5.92 Å². The van der Waals surface area contributed by atoms with Gasteiger partial charge in [0, 0.05) is 37.9 Å². The number of likely N-dealkylation sites (tertiary alicyclic amines) is 1. The normalized spacial score (nSPS) is 17.3. The number of hydrogen-bond acceptors (Lipinski definition) is 5. The van der Waals surface area contributed by atoms with Crippen LogP contribution in [0.4, 0.5) is 0 Å². The molecule has 6 nitrogen and oxygen atoms in total. The monoisotopic (exact) mass is 328 g/mol. The van der Waals surface area contributed by atoms with Crippen molar-refractivity contribution >= 4 is 11.9 Å². The van der Waals surface area contributed by atoms with Gasteiger partial charge in [0.05, 0.1) is 6.61 Å². The minimum atomic E-state index is -0.520. The summed E-state index contributed by atoms with van der Waals surface area (Å²) >= 11 is 0. The van der Waals surface area contributed by atoms with Crippen molar-refractivity contribution in [1.29, 1.82) is 0 Å². The summed E-state index contributed by atoms with van der Waals surface area (Å²) in [5, 5.41) is 0. The lowest BCUT2D eigenvalue weighted by Gasteiger charge is -2.13. The van der Waals surface area contributed by atoms with Crippen LogP contribution in [0.2, 0.25) is 0 Å². The zero-order valence-electron chi connectivity index (χ0n) is 13.8. The highest BCUT2D eigenvalue weighted by Crippen LogP contribution is 2.26. The number of hydrogen-bond donors (Lipinski definition) is 0. The number of benzene rings is 1. The van der Waals surface area contributed by atoms with E-state index in [9.17, 15) is 9.59 Å². The van der Waals surface area contributed by atoms with Gasteiger partial charge in [0.1, 0.15) is 0 Å². The molecule has 24 heavy (non-hydrogen) atoms. The second-order valence-electron chi connectivity index (χ2n) is 5.88. The third-order valence-corrected chi connectivity index (χ3v) is 4.09. The van der Waals surface area contributed by atoms with Crippen molar-refractivity contribution in [2.45, 2.75) is 20.3 Å². The maximum atomic E-state index is 12.4. The highest BCUT2D eigenvalue weighted by atomic mass is 16.5. The van der Waals surface area contributed by atoms with E-state index in [1.165, 1.54) is 0 Å². The Kier molecular flexibility index (Phi) is 4.64. The summed E-state index contributed by atoms with van der Waals surface area (Å²) < 4.78 is 11.0. The summed E-state index contributed by atoms with van der Waals surface area (Å²) in [6.07, 6.45) is 0.421. The molecule has 1 aromatic heterocycles. The number of ether oxygens (including phenoxy) is 1. The molecule has 1 atom stereocenters. The second-order valence-corrected chi connectivity index (χ2v) is 5.88. The Hall–Kier alpha value is -2.63. The van der Waals surface area contributed by atoms with Crippen LogP contribution in [0, 0.1) is 12.8 Å². The smallest absolute Gasteiger partial charge is 0.361 e. The van der Waals surface area contributed by atoms with Gasteiger partial charge in [0.2, 0.25) is 5.91 Å². The molecule has 1 amide bonds. The number of nitrogens with zero attached hydrogens (tertiary/aromatic N) is 2. The molecule has 0 N–H and O–H groups in total. The average Bonchev–Trinajstić information content (AvgIpc) is 3.16. The van der Waals surface area contributed by atoms with Crippen LogP contribution >= 0.6 is 0 Å². The molecule has 1 aliphatic heterocycles. The van der Waals surface area contributed by atoms with E-state index in [0.29, 0.717) is 31.2 Å². The minimum absolute atomic E-state index is 0.0366. The third-order valence-electron chi connectivity index (χ3n) is 4.09. The van der Waals surface area contributed by atoms with Crippen LogP contribution in [0.25, 0.3) is 11.3 Å². The van der Waals surface area contributed by atoms with Gasteiger partial charge < -0.3 is 14.1 Å². The van der Waals surface area contributed by atoms with E-state index in [0.717, 1.165) is 5.56 Å². The predicted octanol–water partition coefficient (Wildman–Crippen LogP) is 2.68. The molecule has 2 aromatic rings. The Morgan fingerprint density at radius 1 is 1.38 bits per heavy atom. The van der Waals surface area contributed by atoms with E-state index in [2.05, 4.69) is 4.98 Å². The van der Waals surface area contributed by atoms with E-state index in [1.54, 1.807) is 11.8 Å². The molecule has 1 fully saturated rings. The van der Waals surface area contributed by atoms with Gasteiger partial charge in [0.15, 0.2) is 17.3 Å². The van der Waals surface area contributed by atoms with Gasteiger partial charge in [-0.3, -0.25) is 4.79 Å². The molecule has 126 valence electrons. The van der Waals surface area contributed by atoms with Crippen molar-refractivity contribution < 1.29 is 18.7 Å². The Morgan fingerprint density at radius 3 is 2.79 bits per heavy atom. The molecule has 0 aliphatic carbocycles. The molecule has 1 aliphatic rings. The van der Waals surface area contributed by atoms with Crippen LogP contribution in [0.3, 0.4) is 0 Å². The summed E-state index contributed by atoms with van der Waals surface area (Å²) in [7, 11) is 0. The zero-order chi connectivity index (χ0) is 17.1. The fraction of sp³-hybridized carbons (Fsp3) is 0.389. The average molecular weight is 328 g/mol. The topological polar surface area (TPSA) is 72.6 Å². The lowest BCUT2D eigenvalue weighted by atomic mass is 10.1. The Labute approximate surface area is 140 Å². The Balaban J connectivity index is 1.69. The van der Waals surface area contributed by atoms with Gasteiger partial charge in [0.25, 0.3) is 0 Å². The van der Waals surface area contributed by atoms with E-state index < -0.39 is 5.97 Å². The van der Waals surface area contributed by atoms with E-state index >= 15 is 0 Å². The lowest BCUT2D eigenvalue weighted by Crippen LogP contribution is -2.25. The molecule has 2 heterocycles. The van der Waals surface area contributed by atoms with Crippen LogP contribution in [0.1, 0.15) is 29.7 Å². The first-order chi connectivity index (χ1) is 11.6. The van der Waals surface area contributed by atoms with Gasteiger partial charge in [-0.2, -0.15) is 0 Å². The highest BCUT2D eigenvalue weighted by molar-refractivity contribution is 5.93. The molecule has 1 aromatic carbocycles. The molecule has 0 spiro atoms. The number of carbonyl (C=O) groups excluding carboxylic acids is 2. The van der Waals surface area contributed by atoms with Crippen molar-refractivity contribution in [3.63, 3.8) is 0 Å². The number of esters is 1. The first kappa shape index (κ1) is 16.2. The molecule has 0 saturated carbocycles. The predicted molar refractivity (Wildman–Crippen MR) is 87.3 cm³/mol. The molecular formula is C18H20N2O4. The fourth-order valence-electron chi connectivity index (χ4n) is 2.88. The van der Waals surface area contributed by atoms with Crippen LogP contribution in [-0.4, -0.2) is 41.5 Å². The van der Waals surface area contributed by atoms with Gasteiger partial charge in [-0.25, -0.2) is 9.78 Å². The number of oxazole rings is 1. The van der Waals surface area contributed by atoms with Crippen molar-refractivity contribution in [3.8, 4) is 11.3 Å². The third kappa shape index (κ3) is 3.32. The van der Waals surface area contributed by atoms with Gasteiger partial charge in [-0.15, -0.1) is 0 Å². The standard InChI is InChI=1S/C18H20N2O4/c1-3-20-10-13(9-15(20)21)11-23-18(22)16-17(24-12(2)19-16)14-7-5-4-6-8-14/h4-8,13H,3,9-11H2,1-2H3/t13-/m1/s1. The second kappa shape index (κ2) is 6.86. The summed E-state index contributed by atoms with van der Waals surface area (Å²) in [5.41, 5.74) is 0.952. The maximum Gasteiger partial charge on any atom is 0.361 e.